The molecule has 0 fully saturated rings. The van der Waals surface area contributed by atoms with E-state index < -0.39 is 5.97 Å². The maximum absolute atomic E-state index is 12.0. The van der Waals surface area contributed by atoms with Crippen LogP contribution in [0.15, 0.2) is 30.3 Å². The van der Waals surface area contributed by atoms with Crippen molar-refractivity contribution in [2.24, 2.45) is 5.41 Å². The minimum atomic E-state index is -0.574. The van der Waals surface area contributed by atoms with Gasteiger partial charge in [0.15, 0.2) is 6.61 Å². The summed E-state index contributed by atoms with van der Waals surface area (Å²) in [7, 11) is 1.56. The summed E-state index contributed by atoms with van der Waals surface area (Å²) < 4.78 is 10.2. The number of hydrogen-bond donors (Lipinski definition) is 1. The van der Waals surface area contributed by atoms with Crippen molar-refractivity contribution in [3.05, 3.63) is 35.9 Å². The Labute approximate surface area is 150 Å². The van der Waals surface area contributed by atoms with Gasteiger partial charge in [0.2, 0.25) is 0 Å². The molecule has 0 atom stereocenters. The van der Waals surface area contributed by atoms with Crippen molar-refractivity contribution < 1.29 is 19.1 Å². The van der Waals surface area contributed by atoms with Crippen LogP contribution in [0.25, 0.3) is 6.08 Å². The van der Waals surface area contributed by atoms with Crippen molar-refractivity contribution in [2.75, 3.05) is 13.7 Å². The third-order valence-corrected chi connectivity index (χ3v) is 3.33. The van der Waals surface area contributed by atoms with Gasteiger partial charge in [0.1, 0.15) is 5.75 Å². The number of hydrogen-bond acceptors (Lipinski definition) is 4. The first-order valence-corrected chi connectivity index (χ1v) is 8.31. The van der Waals surface area contributed by atoms with E-state index in [0.717, 1.165) is 12.0 Å². The van der Waals surface area contributed by atoms with E-state index in [-0.39, 0.29) is 23.5 Å². The number of ether oxygens (including phenoxy) is 2. The molecule has 1 aromatic rings. The fourth-order valence-corrected chi connectivity index (χ4v) is 2.93. The van der Waals surface area contributed by atoms with Crippen molar-refractivity contribution >= 4 is 18.0 Å². The lowest BCUT2D eigenvalue weighted by Gasteiger charge is -2.33. The smallest absolute Gasteiger partial charge is 0.331 e. The zero-order valence-corrected chi connectivity index (χ0v) is 16.0. The van der Waals surface area contributed by atoms with Gasteiger partial charge in [-0.15, -0.1) is 0 Å². The van der Waals surface area contributed by atoms with Crippen molar-refractivity contribution in [1.29, 1.82) is 0 Å². The normalized spacial score (nSPS) is 12.1. The number of carbonyl (C=O) groups is 2. The van der Waals surface area contributed by atoms with Crippen LogP contribution in [-0.4, -0.2) is 31.1 Å². The molecule has 138 valence electrons. The summed E-state index contributed by atoms with van der Waals surface area (Å²) in [4.78, 5) is 23.8. The third-order valence-electron chi connectivity index (χ3n) is 3.33. The topological polar surface area (TPSA) is 64.6 Å². The largest absolute Gasteiger partial charge is 0.496 e. The number of benzene rings is 1. The molecule has 0 aliphatic heterocycles. The van der Waals surface area contributed by atoms with E-state index in [4.69, 9.17) is 9.47 Å². The predicted molar refractivity (Wildman–Crippen MR) is 99.3 cm³/mol. The highest BCUT2D eigenvalue weighted by molar-refractivity contribution is 5.89. The Morgan fingerprint density at radius 3 is 2.36 bits per heavy atom. The molecule has 0 aliphatic carbocycles. The molecule has 0 spiro atoms. The summed E-state index contributed by atoms with van der Waals surface area (Å²) in [6.07, 6.45) is 3.70. The molecular formula is C20H29NO4. The Morgan fingerprint density at radius 2 is 1.76 bits per heavy atom. The van der Waals surface area contributed by atoms with Crippen molar-refractivity contribution in [2.45, 2.75) is 46.6 Å². The van der Waals surface area contributed by atoms with Crippen LogP contribution in [0.3, 0.4) is 0 Å². The van der Waals surface area contributed by atoms with Crippen molar-refractivity contribution in [3.8, 4) is 5.75 Å². The number of carbonyl (C=O) groups excluding carboxylic acids is 2. The molecule has 0 saturated carbocycles. The number of esters is 1. The Kier molecular flexibility index (Phi) is 7.22. The Morgan fingerprint density at radius 1 is 1.12 bits per heavy atom. The highest BCUT2D eigenvalue weighted by Gasteiger charge is 2.27. The van der Waals surface area contributed by atoms with Crippen LogP contribution in [0, 0.1) is 5.41 Å². The van der Waals surface area contributed by atoms with Gasteiger partial charge in [-0.2, -0.15) is 0 Å². The van der Waals surface area contributed by atoms with Gasteiger partial charge < -0.3 is 14.8 Å². The second-order valence-corrected chi connectivity index (χ2v) is 7.85. The minimum absolute atomic E-state index is 0.0882. The van der Waals surface area contributed by atoms with Gasteiger partial charge >= 0.3 is 5.97 Å². The van der Waals surface area contributed by atoms with Crippen LogP contribution in [0.5, 0.6) is 5.75 Å². The second-order valence-electron chi connectivity index (χ2n) is 7.85. The standard InChI is InChI=1S/C20H29NO4/c1-19(2,3)14-20(4,5)21-17(22)13-25-18(23)12-11-15-9-7-8-10-16(15)24-6/h7-12H,13-14H2,1-6H3,(H,21,22)/b12-11+. The molecule has 1 aromatic carbocycles. The van der Waals surface area contributed by atoms with Crippen LogP contribution in [0.1, 0.15) is 46.6 Å². The molecule has 0 aliphatic rings. The number of rotatable bonds is 7. The SMILES string of the molecule is COc1ccccc1/C=C/C(=O)OCC(=O)NC(C)(C)CC(C)(C)C. The first kappa shape index (κ1) is 20.7. The Bertz CT molecular complexity index is 627. The maximum atomic E-state index is 12.0. The summed E-state index contributed by atoms with van der Waals surface area (Å²) in [6, 6.07) is 7.32. The van der Waals surface area contributed by atoms with E-state index in [2.05, 4.69) is 26.1 Å². The van der Waals surface area contributed by atoms with Crippen LogP contribution in [0.2, 0.25) is 0 Å². The number of para-hydroxylation sites is 1. The number of amides is 1. The molecule has 0 saturated heterocycles. The quantitative estimate of drug-likeness (QED) is 0.605. The molecule has 0 unspecified atom stereocenters. The first-order chi connectivity index (χ1) is 11.5. The van der Waals surface area contributed by atoms with Gasteiger partial charge in [0, 0.05) is 17.2 Å². The summed E-state index contributed by atoms with van der Waals surface area (Å²) in [5.41, 5.74) is 0.484. The predicted octanol–water partition coefficient (Wildman–Crippen LogP) is 3.58. The van der Waals surface area contributed by atoms with Crippen LogP contribution >= 0.6 is 0 Å². The van der Waals surface area contributed by atoms with Gasteiger partial charge in [0.05, 0.1) is 7.11 Å². The average molecular weight is 347 g/mol. The molecule has 5 heteroatoms. The molecule has 5 nitrogen and oxygen atoms in total. The van der Waals surface area contributed by atoms with E-state index in [1.807, 2.05) is 32.0 Å². The lowest BCUT2D eigenvalue weighted by Crippen LogP contribution is -2.47. The summed E-state index contributed by atoms with van der Waals surface area (Å²) >= 11 is 0. The average Bonchev–Trinajstić information content (AvgIpc) is 2.48. The fourth-order valence-electron chi connectivity index (χ4n) is 2.93. The lowest BCUT2D eigenvalue weighted by atomic mass is 9.82. The van der Waals surface area contributed by atoms with Crippen LogP contribution in [-0.2, 0) is 14.3 Å². The third kappa shape index (κ3) is 8.38. The maximum Gasteiger partial charge on any atom is 0.331 e. The lowest BCUT2D eigenvalue weighted by molar-refractivity contribution is -0.144. The summed E-state index contributed by atoms with van der Waals surface area (Å²) in [5.74, 6) is -0.226. The second kappa shape index (κ2) is 8.70. The first-order valence-electron chi connectivity index (χ1n) is 8.31. The van der Waals surface area contributed by atoms with Crippen LogP contribution < -0.4 is 10.1 Å². The van der Waals surface area contributed by atoms with Gasteiger partial charge in [-0.1, -0.05) is 39.0 Å². The highest BCUT2D eigenvalue weighted by Crippen LogP contribution is 2.26. The molecule has 1 amide bonds. The van der Waals surface area contributed by atoms with Gasteiger partial charge in [-0.25, -0.2) is 4.79 Å². The van der Waals surface area contributed by atoms with Crippen LogP contribution in [0.4, 0.5) is 0 Å². The summed E-state index contributed by atoms with van der Waals surface area (Å²) in [5, 5.41) is 2.90. The number of methoxy groups -OCH3 is 1. The van der Waals surface area contributed by atoms with Crippen molar-refractivity contribution in [3.63, 3.8) is 0 Å². The monoisotopic (exact) mass is 347 g/mol. The highest BCUT2D eigenvalue weighted by atomic mass is 16.5. The number of nitrogens with one attached hydrogen (secondary N) is 1. The van der Waals surface area contributed by atoms with E-state index in [9.17, 15) is 9.59 Å². The molecule has 1 rings (SSSR count). The van der Waals surface area contributed by atoms with E-state index in [1.54, 1.807) is 19.3 Å². The van der Waals surface area contributed by atoms with Gasteiger partial charge in [-0.3, -0.25) is 4.79 Å². The van der Waals surface area contributed by atoms with Gasteiger partial charge in [0.25, 0.3) is 5.91 Å². The molecule has 1 N–H and O–H groups in total. The zero-order valence-electron chi connectivity index (χ0n) is 16.0. The van der Waals surface area contributed by atoms with Crippen molar-refractivity contribution in [1.82, 2.24) is 5.32 Å². The fraction of sp³-hybridized carbons (Fsp3) is 0.500. The zero-order chi connectivity index (χ0) is 19.1. The molecule has 25 heavy (non-hydrogen) atoms. The molecular weight excluding hydrogens is 318 g/mol. The van der Waals surface area contributed by atoms with E-state index in [0.29, 0.717) is 5.75 Å². The molecule has 0 radical (unpaired) electrons. The molecule has 0 bridgehead atoms. The molecule has 0 aromatic heterocycles. The molecule has 0 heterocycles. The summed E-state index contributed by atoms with van der Waals surface area (Å²) in [6.45, 7) is 9.96. The Hall–Kier alpha value is -2.30. The van der Waals surface area contributed by atoms with Gasteiger partial charge in [-0.05, 0) is 37.8 Å². The van der Waals surface area contributed by atoms with E-state index >= 15 is 0 Å². The Balaban J connectivity index is 2.51. The minimum Gasteiger partial charge on any atom is -0.496 e. The van der Waals surface area contributed by atoms with E-state index in [1.165, 1.54) is 6.08 Å².